The largest absolute Gasteiger partial charge is 0.330 e. The first-order valence-corrected chi connectivity index (χ1v) is 4.21. The molecule has 1 saturated heterocycles. The van der Waals surface area contributed by atoms with Crippen molar-refractivity contribution in [2.75, 3.05) is 26.7 Å². The number of hydrogen-bond donors (Lipinski definition) is 1. The molecule has 2 N–H and O–H groups in total. The molecule has 1 aliphatic rings. The van der Waals surface area contributed by atoms with E-state index in [1.807, 2.05) is 13.8 Å². The fraction of sp³-hybridized carbons (Fsp3) is 1.00. The summed E-state index contributed by atoms with van der Waals surface area (Å²) in [6.07, 6.45) is 1.30. The lowest BCUT2D eigenvalue weighted by molar-refractivity contribution is 0.397. The summed E-state index contributed by atoms with van der Waals surface area (Å²) in [6, 6.07) is 0. The molecule has 10 heavy (non-hydrogen) atoms. The van der Waals surface area contributed by atoms with E-state index >= 15 is 0 Å². The van der Waals surface area contributed by atoms with Gasteiger partial charge in [-0.05, 0) is 32.5 Å². The van der Waals surface area contributed by atoms with Crippen LogP contribution in [0.2, 0.25) is 0 Å². The maximum atomic E-state index is 5.47. The zero-order chi connectivity index (χ0) is 7.98. The van der Waals surface area contributed by atoms with E-state index in [1.165, 1.54) is 19.5 Å². The Morgan fingerprint density at radius 2 is 2.10 bits per heavy atom. The third kappa shape index (κ3) is 3.18. The molecular formula is C8H20N2. The Morgan fingerprint density at radius 3 is 2.30 bits per heavy atom. The normalized spacial score (nSPS) is 25.8. The molecular weight excluding hydrogens is 124 g/mol. The highest BCUT2D eigenvalue weighted by atomic mass is 15.1. The number of hydrogen-bond acceptors (Lipinski definition) is 2. The molecule has 0 aromatic heterocycles. The molecule has 0 spiro atoms. The van der Waals surface area contributed by atoms with Crippen molar-refractivity contribution in [1.29, 1.82) is 0 Å². The smallest absolute Gasteiger partial charge is 0.00191 e. The summed E-state index contributed by atoms with van der Waals surface area (Å²) in [5.74, 6) is 0.778. The van der Waals surface area contributed by atoms with Crippen LogP contribution in [-0.2, 0) is 0 Å². The van der Waals surface area contributed by atoms with Crippen molar-refractivity contribution in [3.05, 3.63) is 0 Å². The van der Waals surface area contributed by atoms with E-state index in [1.54, 1.807) is 0 Å². The minimum absolute atomic E-state index is 0.778. The molecule has 2 heteroatoms. The fourth-order valence-electron chi connectivity index (χ4n) is 1.22. The van der Waals surface area contributed by atoms with Gasteiger partial charge in [0.2, 0.25) is 0 Å². The first-order chi connectivity index (χ1) is 4.83. The third-order valence-electron chi connectivity index (χ3n) is 1.82. The summed E-state index contributed by atoms with van der Waals surface area (Å²) in [6.45, 7) is 7.31. The van der Waals surface area contributed by atoms with Crippen LogP contribution in [0.25, 0.3) is 0 Å². The summed E-state index contributed by atoms with van der Waals surface area (Å²) in [7, 11) is 2.15. The lowest BCUT2D eigenvalue weighted by atomic mass is 10.1. The lowest BCUT2D eigenvalue weighted by Gasteiger charge is -2.05. The summed E-state index contributed by atoms with van der Waals surface area (Å²) >= 11 is 0. The van der Waals surface area contributed by atoms with Crippen LogP contribution in [0.15, 0.2) is 0 Å². The summed E-state index contributed by atoms with van der Waals surface area (Å²) in [4.78, 5) is 2.33. The van der Waals surface area contributed by atoms with Gasteiger partial charge in [0.1, 0.15) is 0 Å². The Kier molecular flexibility index (Phi) is 5.64. The van der Waals surface area contributed by atoms with Crippen LogP contribution < -0.4 is 5.73 Å². The van der Waals surface area contributed by atoms with Gasteiger partial charge in [-0.3, -0.25) is 0 Å². The molecule has 1 fully saturated rings. The van der Waals surface area contributed by atoms with Gasteiger partial charge in [-0.2, -0.15) is 0 Å². The molecule has 0 amide bonds. The first kappa shape index (κ1) is 9.92. The van der Waals surface area contributed by atoms with Crippen molar-refractivity contribution in [3.63, 3.8) is 0 Å². The second-order valence-electron chi connectivity index (χ2n) is 2.65. The highest BCUT2D eigenvalue weighted by molar-refractivity contribution is 4.72. The van der Waals surface area contributed by atoms with E-state index in [9.17, 15) is 0 Å². The molecule has 1 heterocycles. The molecule has 1 unspecified atom stereocenters. The third-order valence-corrected chi connectivity index (χ3v) is 1.82. The molecule has 0 bridgehead atoms. The Bertz CT molecular complexity index is 73.7. The Labute approximate surface area is 64.4 Å². The van der Waals surface area contributed by atoms with Crippen LogP contribution in [-0.4, -0.2) is 31.6 Å². The van der Waals surface area contributed by atoms with Crippen LogP contribution in [0.3, 0.4) is 0 Å². The van der Waals surface area contributed by atoms with E-state index in [2.05, 4.69) is 11.9 Å². The van der Waals surface area contributed by atoms with Crippen molar-refractivity contribution in [3.8, 4) is 0 Å². The number of nitrogens with zero attached hydrogens (tertiary/aromatic N) is 1. The first-order valence-electron chi connectivity index (χ1n) is 4.21. The topological polar surface area (TPSA) is 29.3 Å². The average Bonchev–Trinajstić information content (AvgIpc) is 2.40. The van der Waals surface area contributed by atoms with Crippen molar-refractivity contribution in [2.24, 2.45) is 11.7 Å². The number of rotatable bonds is 1. The van der Waals surface area contributed by atoms with Crippen LogP contribution in [0.5, 0.6) is 0 Å². The van der Waals surface area contributed by atoms with Gasteiger partial charge in [-0.15, -0.1) is 0 Å². The van der Waals surface area contributed by atoms with Gasteiger partial charge >= 0.3 is 0 Å². The molecule has 1 atom stereocenters. The quantitative estimate of drug-likeness (QED) is 0.593. The lowest BCUT2D eigenvalue weighted by Crippen LogP contribution is -2.18. The molecule has 0 aromatic carbocycles. The van der Waals surface area contributed by atoms with Crippen LogP contribution in [0.4, 0.5) is 0 Å². The van der Waals surface area contributed by atoms with Gasteiger partial charge in [-0.25, -0.2) is 0 Å². The van der Waals surface area contributed by atoms with Gasteiger partial charge in [0.25, 0.3) is 0 Å². The second-order valence-corrected chi connectivity index (χ2v) is 2.65. The minimum Gasteiger partial charge on any atom is -0.330 e. The van der Waals surface area contributed by atoms with E-state index < -0.39 is 0 Å². The Morgan fingerprint density at radius 1 is 1.50 bits per heavy atom. The summed E-state index contributed by atoms with van der Waals surface area (Å²) in [5.41, 5.74) is 5.47. The maximum Gasteiger partial charge on any atom is 0.00191 e. The molecule has 0 saturated carbocycles. The number of likely N-dealkylation sites (tertiary alicyclic amines) is 1. The Balaban J connectivity index is 0.000000371. The Hall–Kier alpha value is -0.0800. The highest BCUT2D eigenvalue weighted by Crippen LogP contribution is 2.11. The number of nitrogens with two attached hydrogens (primary N) is 1. The molecule has 2 nitrogen and oxygen atoms in total. The van der Waals surface area contributed by atoms with Crippen molar-refractivity contribution < 1.29 is 0 Å². The van der Waals surface area contributed by atoms with Gasteiger partial charge in [0.05, 0.1) is 0 Å². The standard InChI is InChI=1S/C6H14N2.C2H6/c1-8-3-2-6(4-7)5-8;1-2/h6H,2-5,7H2,1H3;1-2H3. The molecule has 1 aliphatic heterocycles. The summed E-state index contributed by atoms with van der Waals surface area (Å²) < 4.78 is 0. The van der Waals surface area contributed by atoms with Gasteiger partial charge in [0, 0.05) is 6.54 Å². The SMILES string of the molecule is CC.CN1CCC(CN)C1. The zero-order valence-electron chi connectivity index (χ0n) is 7.43. The maximum absolute atomic E-state index is 5.47. The van der Waals surface area contributed by atoms with E-state index in [-0.39, 0.29) is 0 Å². The molecule has 0 radical (unpaired) electrons. The fourth-order valence-corrected chi connectivity index (χ4v) is 1.22. The van der Waals surface area contributed by atoms with E-state index in [4.69, 9.17) is 5.73 Å². The van der Waals surface area contributed by atoms with Crippen molar-refractivity contribution >= 4 is 0 Å². The van der Waals surface area contributed by atoms with Gasteiger partial charge in [-0.1, -0.05) is 13.8 Å². The van der Waals surface area contributed by atoms with Crippen LogP contribution in [0.1, 0.15) is 20.3 Å². The zero-order valence-corrected chi connectivity index (χ0v) is 7.43. The predicted molar refractivity (Wildman–Crippen MR) is 46.0 cm³/mol. The van der Waals surface area contributed by atoms with Crippen molar-refractivity contribution in [2.45, 2.75) is 20.3 Å². The van der Waals surface area contributed by atoms with Crippen LogP contribution >= 0.6 is 0 Å². The minimum atomic E-state index is 0.778. The predicted octanol–water partition coefficient (Wildman–Crippen LogP) is 0.923. The monoisotopic (exact) mass is 144 g/mol. The van der Waals surface area contributed by atoms with Crippen LogP contribution in [0, 0.1) is 5.92 Å². The summed E-state index contributed by atoms with van der Waals surface area (Å²) in [5, 5.41) is 0. The molecule has 1 rings (SSSR count). The molecule has 0 aromatic rings. The van der Waals surface area contributed by atoms with Crippen molar-refractivity contribution in [1.82, 2.24) is 4.90 Å². The molecule has 62 valence electrons. The van der Waals surface area contributed by atoms with E-state index in [0.29, 0.717) is 0 Å². The van der Waals surface area contributed by atoms with Gasteiger partial charge < -0.3 is 10.6 Å². The van der Waals surface area contributed by atoms with Gasteiger partial charge in [0.15, 0.2) is 0 Å². The van der Waals surface area contributed by atoms with E-state index in [0.717, 1.165) is 12.5 Å². The average molecular weight is 144 g/mol. The highest BCUT2D eigenvalue weighted by Gasteiger charge is 2.16. The molecule has 0 aliphatic carbocycles. The second kappa shape index (κ2) is 5.69.